The van der Waals surface area contributed by atoms with Gasteiger partial charge in [-0.05, 0) is 50.3 Å². The lowest BCUT2D eigenvalue weighted by molar-refractivity contribution is 0.0705. The van der Waals surface area contributed by atoms with E-state index in [4.69, 9.17) is 0 Å². The van der Waals surface area contributed by atoms with E-state index in [9.17, 15) is 4.79 Å². The quantitative estimate of drug-likeness (QED) is 0.911. The van der Waals surface area contributed by atoms with Crippen molar-refractivity contribution in [1.29, 1.82) is 0 Å². The molecule has 2 aromatic rings. The molecule has 1 aliphatic heterocycles. The molecule has 2 aliphatic rings. The van der Waals surface area contributed by atoms with Crippen LogP contribution in [0.3, 0.4) is 0 Å². The molecule has 6 heteroatoms. The normalized spacial score (nSPS) is 18.8. The Hall–Kier alpha value is -2.21. The van der Waals surface area contributed by atoms with Crippen LogP contribution < -0.4 is 5.32 Å². The maximum Gasteiger partial charge on any atom is 0.254 e. The zero-order valence-electron chi connectivity index (χ0n) is 13.8. The average molecular weight is 325 g/mol. The lowest BCUT2D eigenvalue weighted by atomic mass is 10.0. The fraction of sp³-hybridized carbons (Fsp3) is 0.500. The molecule has 2 fully saturated rings. The van der Waals surface area contributed by atoms with Crippen LogP contribution in [0.5, 0.6) is 0 Å². The molecule has 0 bridgehead atoms. The van der Waals surface area contributed by atoms with Gasteiger partial charge in [0.1, 0.15) is 12.1 Å². The Morgan fingerprint density at radius 1 is 1.21 bits per heavy atom. The predicted octanol–water partition coefficient (Wildman–Crippen LogP) is 1.87. The van der Waals surface area contributed by atoms with E-state index in [-0.39, 0.29) is 5.91 Å². The minimum atomic E-state index is 0.0967. The molecule has 1 N–H and O–H groups in total. The molecule has 1 saturated heterocycles. The van der Waals surface area contributed by atoms with Crippen molar-refractivity contribution >= 4 is 5.91 Å². The third kappa shape index (κ3) is 3.48. The van der Waals surface area contributed by atoms with Crippen LogP contribution in [0.2, 0.25) is 0 Å². The summed E-state index contributed by atoms with van der Waals surface area (Å²) < 4.78 is 1.81. The van der Waals surface area contributed by atoms with Gasteiger partial charge in [0.25, 0.3) is 5.91 Å². The van der Waals surface area contributed by atoms with Crippen LogP contribution in [-0.2, 0) is 0 Å². The first-order valence-corrected chi connectivity index (χ1v) is 8.76. The van der Waals surface area contributed by atoms with Crippen LogP contribution in [0.25, 0.3) is 5.82 Å². The van der Waals surface area contributed by atoms with Gasteiger partial charge in [-0.25, -0.2) is 9.97 Å². The molecule has 6 nitrogen and oxygen atoms in total. The Kier molecular flexibility index (Phi) is 4.30. The van der Waals surface area contributed by atoms with Crippen LogP contribution >= 0.6 is 0 Å². The standard InChI is InChI=1S/C18H23N5O/c24-18(15-3-6-20-17(11-15)23-10-7-19-13-23)22-8-4-16(5-9-22)21-12-14-1-2-14/h3,6-7,10-11,13-14,16,21H,1-2,4-5,8-9,12H2. The minimum Gasteiger partial charge on any atom is -0.339 e. The highest BCUT2D eigenvalue weighted by atomic mass is 16.2. The first-order valence-electron chi connectivity index (χ1n) is 8.76. The van der Waals surface area contributed by atoms with Gasteiger partial charge in [-0.2, -0.15) is 0 Å². The van der Waals surface area contributed by atoms with Gasteiger partial charge in [-0.15, -0.1) is 0 Å². The van der Waals surface area contributed by atoms with Gasteiger partial charge in [0, 0.05) is 43.3 Å². The van der Waals surface area contributed by atoms with Crippen molar-refractivity contribution in [3.8, 4) is 5.82 Å². The molecule has 0 spiro atoms. The lowest BCUT2D eigenvalue weighted by Gasteiger charge is -2.32. The van der Waals surface area contributed by atoms with Gasteiger partial charge < -0.3 is 10.2 Å². The largest absolute Gasteiger partial charge is 0.339 e. The molecule has 1 aliphatic carbocycles. The van der Waals surface area contributed by atoms with Gasteiger partial charge in [-0.3, -0.25) is 9.36 Å². The number of carbonyl (C=O) groups excluding carboxylic acids is 1. The SMILES string of the molecule is O=C(c1ccnc(-n2ccnc2)c1)N1CCC(NCC2CC2)CC1. The van der Waals surface area contributed by atoms with Gasteiger partial charge in [0.2, 0.25) is 0 Å². The second-order valence-corrected chi connectivity index (χ2v) is 6.79. The molecule has 0 radical (unpaired) electrons. The summed E-state index contributed by atoms with van der Waals surface area (Å²) in [5, 5.41) is 3.65. The summed E-state index contributed by atoms with van der Waals surface area (Å²) in [6, 6.07) is 4.19. The lowest BCUT2D eigenvalue weighted by Crippen LogP contribution is -2.45. The van der Waals surface area contributed by atoms with Crippen LogP contribution in [-0.4, -0.2) is 51.0 Å². The maximum atomic E-state index is 12.8. The van der Waals surface area contributed by atoms with E-state index < -0.39 is 0 Å². The monoisotopic (exact) mass is 325 g/mol. The van der Waals surface area contributed by atoms with E-state index in [1.54, 1.807) is 24.8 Å². The number of piperidine rings is 1. The molecule has 24 heavy (non-hydrogen) atoms. The van der Waals surface area contributed by atoms with Crippen molar-refractivity contribution < 1.29 is 4.79 Å². The number of carbonyl (C=O) groups is 1. The molecule has 2 aromatic heterocycles. The molecular formula is C18H23N5O. The smallest absolute Gasteiger partial charge is 0.254 e. The second-order valence-electron chi connectivity index (χ2n) is 6.79. The Labute approximate surface area is 141 Å². The number of imidazole rings is 1. The third-order valence-corrected chi connectivity index (χ3v) is 4.94. The molecular weight excluding hydrogens is 302 g/mol. The summed E-state index contributed by atoms with van der Waals surface area (Å²) in [5.41, 5.74) is 0.693. The van der Waals surface area contributed by atoms with Crippen molar-refractivity contribution in [2.45, 2.75) is 31.7 Å². The highest BCUT2D eigenvalue weighted by molar-refractivity contribution is 5.94. The second kappa shape index (κ2) is 6.73. The Bertz CT molecular complexity index is 687. The summed E-state index contributed by atoms with van der Waals surface area (Å²) in [7, 11) is 0. The number of likely N-dealkylation sites (tertiary alicyclic amines) is 1. The van der Waals surface area contributed by atoms with Crippen LogP contribution in [0.1, 0.15) is 36.0 Å². The van der Waals surface area contributed by atoms with E-state index >= 15 is 0 Å². The number of rotatable bonds is 5. The summed E-state index contributed by atoms with van der Waals surface area (Å²) >= 11 is 0. The Morgan fingerprint density at radius 2 is 2.04 bits per heavy atom. The zero-order chi connectivity index (χ0) is 16.4. The third-order valence-electron chi connectivity index (χ3n) is 4.94. The topological polar surface area (TPSA) is 63.1 Å². The van der Waals surface area contributed by atoms with Crippen molar-refractivity contribution in [1.82, 2.24) is 24.8 Å². The van der Waals surface area contributed by atoms with E-state index in [2.05, 4.69) is 15.3 Å². The highest BCUT2D eigenvalue weighted by Crippen LogP contribution is 2.28. The van der Waals surface area contributed by atoms with Gasteiger partial charge >= 0.3 is 0 Å². The van der Waals surface area contributed by atoms with Crippen molar-refractivity contribution in [3.63, 3.8) is 0 Å². The number of nitrogens with one attached hydrogen (secondary N) is 1. The molecule has 1 amide bonds. The summed E-state index contributed by atoms with van der Waals surface area (Å²) in [5.74, 6) is 1.72. The number of aromatic nitrogens is 3. The van der Waals surface area contributed by atoms with Crippen LogP contribution in [0.4, 0.5) is 0 Å². The Morgan fingerprint density at radius 3 is 2.75 bits per heavy atom. The molecule has 0 aromatic carbocycles. The average Bonchev–Trinajstić information content (AvgIpc) is 3.30. The maximum absolute atomic E-state index is 12.8. The summed E-state index contributed by atoms with van der Waals surface area (Å²) in [6.07, 6.45) is 11.7. The predicted molar refractivity (Wildman–Crippen MR) is 91.0 cm³/mol. The number of hydrogen-bond donors (Lipinski definition) is 1. The minimum absolute atomic E-state index is 0.0967. The molecule has 4 rings (SSSR count). The van der Waals surface area contributed by atoms with E-state index in [1.807, 2.05) is 21.7 Å². The Balaban J connectivity index is 1.36. The van der Waals surface area contributed by atoms with E-state index in [1.165, 1.54) is 12.8 Å². The summed E-state index contributed by atoms with van der Waals surface area (Å²) in [4.78, 5) is 23.1. The molecule has 0 unspecified atom stereocenters. The van der Waals surface area contributed by atoms with Crippen molar-refractivity contribution in [2.24, 2.45) is 5.92 Å². The first-order chi connectivity index (χ1) is 11.8. The fourth-order valence-corrected chi connectivity index (χ4v) is 3.21. The zero-order valence-corrected chi connectivity index (χ0v) is 13.8. The number of amides is 1. The molecule has 3 heterocycles. The molecule has 126 valence electrons. The van der Waals surface area contributed by atoms with Crippen LogP contribution in [0.15, 0.2) is 37.1 Å². The number of nitrogens with zero attached hydrogens (tertiary/aromatic N) is 4. The van der Waals surface area contributed by atoms with E-state index in [0.717, 1.165) is 44.2 Å². The molecule has 1 saturated carbocycles. The number of pyridine rings is 1. The van der Waals surface area contributed by atoms with Crippen molar-refractivity contribution in [3.05, 3.63) is 42.6 Å². The summed E-state index contributed by atoms with van der Waals surface area (Å²) in [6.45, 7) is 2.80. The van der Waals surface area contributed by atoms with Crippen LogP contribution in [0, 0.1) is 5.92 Å². The fourth-order valence-electron chi connectivity index (χ4n) is 3.21. The molecule has 0 atom stereocenters. The number of hydrogen-bond acceptors (Lipinski definition) is 4. The highest BCUT2D eigenvalue weighted by Gasteiger charge is 2.26. The van der Waals surface area contributed by atoms with Crippen molar-refractivity contribution in [2.75, 3.05) is 19.6 Å². The first kappa shape index (κ1) is 15.3. The van der Waals surface area contributed by atoms with Gasteiger partial charge in [0.15, 0.2) is 0 Å². The van der Waals surface area contributed by atoms with Gasteiger partial charge in [0.05, 0.1) is 0 Å². The van der Waals surface area contributed by atoms with Gasteiger partial charge in [-0.1, -0.05) is 0 Å². The van der Waals surface area contributed by atoms with E-state index in [0.29, 0.717) is 11.6 Å².